The summed E-state index contributed by atoms with van der Waals surface area (Å²) in [5, 5.41) is 3.50. The molecule has 1 aromatic heterocycles. The van der Waals surface area contributed by atoms with Crippen LogP contribution in [0.25, 0.3) is 11.1 Å². The first-order valence-corrected chi connectivity index (χ1v) is 12.8. The van der Waals surface area contributed by atoms with Crippen LogP contribution in [0, 0.1) is 11.3 Å². The lowest BCUT2D eigenvalue weighted by Crippen LogP contribution is -2.30. The number of benzene rings is 2. The van der Waals surface area contributed by atoms with E-state index in [0.717, 1.165) is 40.8 Å². The molecule has 0 spiro atoms. The zero-order valence-corrected chi connectivity index (χ0v) is 21.8. The van der Waals surface area contributed by atoms with Crippen molar-refractivity contribution in [1.82, 2.24) is 0 Å². The Bertz CT molecular complexity index is 1190. The van der Waals surface area contributed by atoms with Crippen molar-refractivity contribution in [1.29, 1.82) is 0 Å². The fourth-order valence-electron chi connectivity index (χ4n) is 4.56. The highest BCUT2D eigenvalue weighted by molar-refractivity contribution is 7.17. The number of anilines is 1. The maximum Gasteiger partial charge on any atom is 0.341 e. The van der Waals surface area contributed by atoms with Crippen molar-refractivity contribution in [3.05, 3.63) is 70.6 Å². The predicted molar refractivity (Wildman–Crippen MR) is 141 cm³/mol. The van der Waals surface area contributed by atoms with Gasteiger partial charge < -0.3 is 14.8 Å². The predicted octanol–water partition coefficient (Wildman–Crippen LogP) is 6.76. The fourth-order valence-corrected chi connectivity index (χ4v) is 5.88. The normalized spacial score (nSPS) is 16.2. The highest BCUT2D eigenvalue weighted by Crippen LogP contribution is 2.44. The summed E-state index contributed by atoms with van der Waals surface area (Å²) in [6, 6.07) is 17.8. The van der Waals surface area contributed by atoms with Crippen molar-refractivity contribution in [3.63, 3.8) is 0 Å². The Balaban J connectivity index is 1.48. The highest BCUT2D eigenvalue weighted by Gasteiger charge is 2.34. The van der Waals surface area contributed by atoms with E-state index in [4.69, 9.17) is 9.47 Å². The molecule has 1 aliphatic rings. The van der Waals surface area contributed by atoms with E-state index < -0.39 is 12.1 Å². The zero-order valence-electron chi connectivity index (χ0n) is 21.0. The first-order valence-electron chi connectivity index (χ1n) is 12.0. The second-order valence-corrected chi connectivity index (χ2v) is 11.3. The third-order valence-electron chi connectivity index (χ3n) is 6.76. The molecule has 1 amide bonds. The lowest BCUT2D eigenvalue weighted by Gasteiger charge is -2.33. The monoisotopic (exact) mass is 491 g/mol. The van der Waals surface area contributed by atoms with Gasteiger partial charge >= 0.3 is 5.97 Å². The van der Waals surface area contributed by atoms with Gasteiger partial charge in [-0.05, 0) is 66.3 Å². The van der Waals surface area contributed by atoms with Crippen molar-refractivity contribution >= 4 is 28.2 Å². The smallest absolute Gasteiger partial charge is 0.341 e. The van der Waals surface area contributed by atoms with Crippen molar-refractivity contribution in [2.24, 2.45) is 11.3 Å². The minimum absolute atomic E-state index is 0.189. The number of hydrogen-bond donors (Lipinski definition) is 1. The van der Waals surface area contributed by atoms with Crippen molar-refractivity contribution in [2.75, 3.05) is 12.4 Å². The molecular weight excluding hydrogens is 458 g/mol. The van der Waals surface area contributed by atoms with Gasteiger partial charge in [-0.3, -0.25) is 4.79 Å². The van der Waals surface area contributed by atoms with E-state index in [1.54, 1.807) is 6.92 Å². The molecule has 0 saturated carbocycles. The molecule has 0 fully saturated rings. The minimum atomic E-state index is -0.732. The quantitative estimate of drug-likeness (QED) is 0.387. The molecule has 0 radical (unpaired) electrons. The minimum Gasteiger partial charge on any atom is -0.481 e. The van der Waals surface area contributed by atoms with E-state index in [9.17, 15) is 9.59 Å². The van der Waals surface area contributed by atoms with Crippen LogP contribution >= 0.6 is 11.3 Å². The summed E-state index contributed by atoms with van der Waals surface area (Å²) in [5.41, 5.74) is 3.90. The second-order valence-electron chi connectivity index (χ2n) is 10.1. The summed E-state index contributed by atoms with van der Waals surface area (Å²) >= 11 is 1.49. The number of methoxy groups -OCH3 is 1. The van der Waals surface area contributed by atoms with Gasteiger partial charge in [-0.2, -0.15) is 0 Å². The number of thiophene rings is 1. The number of hydrogen-bond acceptors (Lipinski definition) is 5. The highest BCUT2D eigenvalue weighted by atomic mass is 32.1. The van der Waals surface area contributed by atoms with Gasteiger partial charge in [0, 0.05) is 4.88 Å². The number of rotatable bonds is 6. The Hall–Kier alpha value is -3.12. The van der Waals surface area contributed by atoms with Crippen LogP contribution in [-0.4, -0.2) is 25.1 Å². The molecule has 1 N–H and O–H groups in total. The zero-order chi connectivity index (χ0) is 25.2. The standard InChI is InChI=1S/C29H33NO4S/c1-18(34-22-14-11-20(12-15-22)19-9-7-6-8-10-19)26(31)30-27-25(28(32)33-5)23-16-13-21(29(2,3)4)17-24(23)35-27/h6-12,14-15,18,21H,13,16-17H2,1-5H3,(H,30,31). The molecule has 0 aliphatic heterocycles. The van der Waals surface area contributed by atoms with E-state index in [0.29, 0.717) is 22.2 Å². The summed E-state index contributed by atoms with van der Waals surface area (Å²) in [7, 11) is 1.38. The first kappa shape index (κ1) is 25.0. The molecular formula is C29H33NO4S. The molecule has 184 valence electrons. The van der Waals surface area contributed by atoms with Gasteiger partial charge in [0.05, 0.1) is 12.7 Å². The third-order valence-corrected chi connectivity index (χ3v) is 7.93. The van der Waals surface area contributed by atoms with Crippen LogP contribution in [0.1, 0.15) is 54.9 Å². The van der Waals surface area contributed by atoms with Gasteiger partial charge in [0.1, 0.15) is 10.8 Å². The summed E-state index contributed by atoms with van der Waals surface area (Å²) in [4.78, 5) is 26.8. The fraction of sp³-hybridized carbons (Fsp3) is 0.379. The first-order chi connectivity index (χ1) is 16.7. The number of amides is 1. The molecule has 6 heteroatoms. The molecule has 2 unspecified atom stereocenters. The Kier molecular flexibility index (Phi) is 7.31. The van der Waals surface area contributed by atoms with Gasteiger partial charge in [-0.1, -0.05) is 63.2 Å². The second kappa shape index (κ2) is 10.2. The van der Waals surface area contributed by atoms with Crippen LogP contribution in [-0.2, 0) is 22.4 Å². The lowest BCUT2D eigenvalue weighted by molar-refractivity contribution is -0.122. The number of carbonyl (C=O) groups excluding carboxylic acids is 2. The Morgan fingerprint density at radius 2 is 1.69 bits per heavy atom. The average Bonchev–Trinajstić information content (AvgIpc) is 3.21. The molecule has 0 bridgehead atoms. The Morgan fingerprint density at radius 1 is 1.03 bits per heavy atom. The molecule has 4 rings (SSSR count). The molecule has 1 heterocycles. The van der Waals surface area contributed by atoms with Gasteiger partial charge in [-0.15, -0.1) is 11.3 Å². The summed E-state index contributed by atoms with van der Waals surface area (Å²) < 4.78 is 11.0. The maximum absolute atomic E-state index is 13.0. The summed E-state index contributed by atoms with van der Waals surface area (Å²) in [6.45, 7) is 8.48. The van der Waals surface area contributed by atoms with Crippen LogP contribution in [0.15, 0.2) is 54.6 Å². The van der Waals surface area contributed by atoms with Gasteiger partial charge in [-0.25, -0.2) is 4.79 Å². The van der Waals surface area contributed by atoms with E-state index in [1.807, 2.05) is 42.5 Å². The Labute approximate surface area is 211 Å². The topological polar surface area (TPSA) is 64.6 Å². The van der Waals surface area contributed by atoms with E-state index in [-0.39, 0.29) is 11.3 Å². The number of nitrogens with one attached hydrogen (secondary N) is 1. The molecule has 0 saturated heterocycles. The SMILES string of the molecule is COC(=O)c1c(NC(=O)C(C)Oc2ccc(-c3ccccc3)cc2)sc2c1CCC(C(C)(C)C)C2. The summed E-state index contributed by atoms with van der Waals surface area (Å²) in [5.74, 6) is 0.438. The molecule has 2 aromatic carbocycles. The van der Waals surface area contributed by atoms with Crippen LogP contribution in [0.4, 0.5) is 5.00 Å². The van der Waals surface area contributed by atoms with Gasteiger partial charge in [0.2, 0.25) is 0 Å². The molecule has 2 atom stereocenters. The van der Waals surface area contributed by atoms with Crippen LogP contribution in [0.2, 0.25) is 0 Å². The van der Waals surface area contributed by atoms with Crippen LogP contribution < -0.4 is 10.1 Å². The van der Waals surface area contributed by atoms with Crippen molar-refractivity contribution in [2.45, 2.75) is 53.1 Å². The van der Waals surface area contributed by atoms with Gasteiger partial charge in [0.15, 0.2) is 6.10 Å². The third kappa shape index (κ3) is 5.59. The average molecular weight is 492 g/mol. The molecule has 1 aliphatic carbocycles. The van der Waals surface area contributed by atoms with Crippen molar-refractivity contribution in [3.8, 4) is 16.9 Å². The van der Waals surface area contributed by atoms with Crippen molar-refractivity contribution < 1.29 is 19.1 Å². The van der Waals surface area contributed by atoms with E-state index in [2.05, 4.69) is 38.2 Å². The number of fused-ring (bicyclic) bond motifs is 1. The number of esters is 1. The molecule has 5 nitrogen and oxygen atoms in total. The Morgan fingerprint density at radius 3 is 2.31 bits per heavy atom. The lowest BCUT2D eigenvalue weighted by atomic mass is 9.72. The molecule has 3 aromatic rings. The van der Waals surface area contributed by atoms with Gasteiger partial charge in [0.25, 0.3) is 5.91 Å². The van der Waals surface area contributed by atoms with Crippen LogP contribution in [0.5, 0.6) is 5.75 Å². The number of ether oxygens (including phenoxy) is 2. The van der Waals surface area contributed by atoms with Crippen LogP contribution in [0.3, 0.4) is 0 Å². The van der Waals surface area contributed by atoms with E-state index in [1.165, 1.54) is 18.4 Å². The summed E-state index contributed by atoms with van der Waals surface area (Å²) in [6.07, 6.45) is 2.00. The molecule has 35 heavy (non-hydrogen) atoms. The van der Waals surface area contributed by atoms with E-state index >= 15 is 0 Å². The largest absolute Gasteiger partial charge is 0.481 e. The maximum atomic E-state index is 13.0. The number of carbonyl (C=O) groups is 2.